The standard InChI is InChI=1S/C28H34N2O5/c1-4-18(3)25(26(31)30-15-17(2)13-14-24(30)27(32)33)29-28(34)35-16-23-21-11-7-5-9-19(21)20-10-6-8-12-22(20)23/h5-12,17-18,23-25H,4,13-16H2,1-3H3,(H,29,34)(H,32,33)/t17?,18-,24?,25-/m0/s1. The summed E-state index contributed by atoms with van der Waals surface area (Å²) in [5.41, 5.74) is 4.51. The molecule has 1 heterocycles. The Hall–Kier alpha value is -3.35. The number of likely N-dealkylation sites (tertiary alicyclic amines) is 1. The Labute approximate surface area is 206 Å². The fraction of sp³-hybridized carbons (Fsp3) is 0.464. The van der Waals surface area contributed by atoms with Gasteiger partial charge >= 0.3 is 12.1 Å². The molecule has 2 aromatic rings. The van der Waals surface area contributed by atoms with Crippen LogP contribution in [0.1, 0.15) is 57.1 Å². The third kappa shape index (κ3) is 5.04. The molecule has 0 bridgehead atoms. The number of carboxylic acid groups (broad SMARTS) is 1. The highest BCUT2D eigenvalue weighted by Crippen LogP contribution is 2.44. The molecule has 186 valence electrons. The van der Waals surface area contributed by atoms with Gasteiger partial charge in [0.15, 0.2) is 0 Å². The number of nitrogens with zero attached hydrogens (tertiary/aromatic N) is 1. The summed E-state index contributed by atoms with van der Waals surface area (Å²) in [4.78, 5) is 39.6. The normalized spacial score (nSPS) is 20.9. The van der Waals surface area contributed by atoms with Gasteiger partial charge in [-0.1, -0.05) is 75.7 Å². The van der Waals surface area contributed by atoms with Gasteiger partial charge in [0.25, 0.3) is 0 Å². The minimum atomic E-state index is -1.01. The van der Waals surface area contributed by atoms with Crippen molar-refractivity contribution in [3.8, 4) is 11.1 Å². The van der Waals surface area contributed by atoms with E-state index in [0.717, 1.165) is 28.7 Å². The number of amides is 2. The van der Waals surface area contributed by atoms with Crippen LogP contribution in [0.3, 0.4) is 0 Å². The summed E-state index contributed by atoms with van der Waals surface area (Å²) in [5.74, 6) is -1.40. The molecule has 1 fully saturated rings. The summed E-state index contributed by atoms with van der Waals surface area (Å²) >= 11 is 0. The van der Waals surface area contributed by atoms with Crippen LogP contribution in [0.2, 0.25) is 0 Å². The van der Waals surface area contributed by atoms with Crippen LogP contribution in [0, 0.1) is 11.8 Å². The van der Waals surface area contributed by atoms with Crippen LogP contribution in [0.5, 0.6) is 0 Å². The van der Waals surface area contributed by atoms with Crippen molar-refractivity contribution >= 4 is 18.0 Å². The smallest absolute Gasteiger partial charge is 0.407 e. The van der Waals surface area contributed by atoms with Crippen LogP contribution in [0.4, 0.5) is 4.79 Å². The summed E-state index contributed by atoms with van der Waals surface area (Å²) < 4.78 is 5.66. The number of rotatable bonds is 7. The molecule has 35 heavy (non-hydrogen) atoms. The second kappa shape index (κ2) is 10.5. The number of ether oxygens (including phenoxy) is 1. The number of carbonyl (C=O) groups is 3. The maximum atomic E-state index is 13.5. The van der Waals surface area contributed by atoms with Crippen molar-refractivity contribution in [2.45, 2.75) is 58.0 Å². The quantitative estimate of drug-likeness (QED) is 0.604. The van der Waals surface area contributed by atoms with Crippen molar-refractivity contribution in [2.75, 3.05) is 13.2 Å². The average molecular weight is 479 g/mol. The molecule has 1 saturated heterocycles. The van der Waals surface area contributed by atoms with Crippen LogP contribution in [0.15, 0.2) is 48.5 Å². The summed E-state index contributed by atoms with van der Waals surface area (Å²) in [6.07, 6.45) is 1.17. The van der Waals surface area contributed by atoms with E-state index in [4.69, 9.17) is 4.74 Å². The van der Waals surface area contributed by atoms with E-state index in [0.29, 0.717) is 19.4 Å². The molecule has 4 rings (SSSR count). The molecule has 0 aromatic heterocycles. The lowest BCUT2D eigenvalue weighted by atomic mass is 9.91. The maximum Gasteiger partial charge on any atom is 0.407 e. The van der Waals surface area contributed by atoms with Gasteiger partial charge in [-0.2, -0.15) is 0 Å². The van der Waals surface area contributed by atoms with Crippen LogP contribution in [-0.4, -0.2) is 53.2 Å². The van der Waals surface area contributed by atoms with Crippen LogP contribution in [0.25, 0.3) is 11.1 Å². The molecule has 2 aliphatic rings. The minimum Gasteiger partial charge on any atom is -0.480 e. The Bertz CT molecular complexity index is 1050. The lowest BCUT2D eigenvalue weighted by molar-refractivity contribution is -0.154. The second-order valence-electron chi connectivity index (χ2n) is 9.86. The molecular formula is C28H34N2O5. The Morgan fingerprint density at radius 2 is 1.66 bits per heavy atom. The van der Waals surface area contributed by atoms with E-state index < -0.39 is 24.1 Å². The van der Waals surface area contributed by atoms with Crippen molar-refractivity contribution in [2.24, 2.45) is 11.8 Å². The highest BCUT2D eigenvalue weighted by molar-refractivity contribution is 5.90. The zero-order valence-electron chi connectivity index (χ0n) is 20.6. The first-order chi connectivity index (χ1) is 16.8. The van der Waals surface area contributed by atoms with E-state index in [2.05, 4.69) is 29.6 Å². The van der Waals surface area contributed by atoms with Gasteiger partial charge in [0.05, 0.1) is 0 Å². The Balaban J connectivity index is 1.47. The van der Waals surface area contributed by atoms with Crippen molar-refractivity contribution in [3.05, 3.63) is 59.7 Å². The van der Waals surface area contributed by atoms with Gasteiger partial charge in [0, 0.05) is 12.5 Å². The van der Waals surface area contributed by atoms with Crippen molar-refractivity contribution in [1.82, 2.24) is 10.2 Å². The number of piperidine rings is 1. The van der Waals surface area contributed by atoms with E-state index in [1.165, 1.54) is 4.90 Å². The molecule has 2 N–H and O–H groups in total. The first kappa shape index (κ1) is 24.8. The van der Waals surface area contributed by atoms with Gasteiger partial charge in [-0.3, -0.25) is 4.79 Å². The predicted octanol–water partition coefficient (Wildman–Crippen LogP) is 4.65. The van der Waals surface area contributed by atoms with E-state index in [1.807, 2.05) is 45.0 Å². The predicted molar refractivity (Wildman–Crippen MR) is 133 cm³/mol. The van der Waals surface area contributed by atoms with Gasteiger partial charge < -0.3 is 20.1 Å². The average Bonchev–Trinajstić information content (AvgIpc) is 3.18. The first-order valence-electron chi connectivity index (χ1n) is 12.5. The van der Waals surface area contributed by atoms with E-state index in [-0.39, 0.29) is 30.3 Å². The van der Waals surface area contributed by atoms with Gasteiger partial charge in [-0.05, 0) is 46.9 Å². The van der Waals surface area contributed by atoms with Gasteiger partial charge in [-0.15, -0.1) is 0 Å². The van der Waals surface area contributed by atoms with Crippen LogP contribution < -0.4 is 5.32 Å². The Morgan fingerprint density at radius 3 is 2.23 bits per heavy atom. The lowest BCUT2D eigenvalue weighted by Gasteiger charge is -2.39. The summed E-state index contributed by atoms with van der Waals surface area (Å²) in [6, 6.07) is 14.5. The van der Waals surface area contributed by atoms with Gasteiger partial charge in [0.1, 0.15) is 18.7 Å². The number of fused-ring (bicyclic) bond motifs is 3. The fourth-order valence-corrected chi connectivity index (χ4v) is 5.28. The number of hydrogen-bond donors (Lipinski definition) is 2. The number of hydrogen-bond acceptors (Lipinski definition) is 4. The molecule has 2 aromatic carbocycles. The topological polar surface area (TPSA) is 95.9 Å². The molecule has 2 unspecified atom stereocenters. The molecule has 7 nitrogen and oxygen atoms in total. The van der Waals surface area contributed by atoms with Gasteiger partial charge in [-0.25, -0.2) is 9.59 Å². The molecular weight excluding hydrogens is 444 g/mol. The zero-order chi connectivity index (χ0) is 25.1. The van der Waals surface area contributed by atoms with E-state index in [9.17, 15) is 19.5 Å². The number of carbonyl (C=O) groups excluding carboxylic acids is 2. The number of nitrogens with one attached hydrogen (secondary N) is 1. The SMILES string of the molecule is CC[C@H](C)[C@H](NC(=O)OCC1c2ccccc2-c2ccccc21)C(=O)N1CC(C)CCC1C(=O)O. The van der Waals surface area contributed by atoms with Crippen molar-refractivity contribution in [1.29, 1.82) is 0 Å². The molecule has 0 radical (unpaired) electrons. The first-order valence-corrected chi connectivity index (χ1v) is 12.5. The summed E-state index contributed by atoms with van der Waals surface area (Å²) in [7, 11) is 0. The lowest BCUT2D eigenvalue weighted by Crippen LogP contribution is -2.58. The number of carboxylic acids is 1. The number of alkyl carbamates (subject to hydrolysis) is 1. The van der Waals surface area contributed by atoms with Crippen LogP contribution >= 0.6 is 0 Å². The number of aliphatic carboxylic acids is 1. The van der Waals surface area contributed by atoms with E-state index in [1.54, 1.807) is 0 Å². The minimum absolute atomic E-state index is 0.0785. The van der Waals surface area contributed by atoms with Crippen molar-refractivity contribution < 1.29 is 24.2 Å². The number of benzene rings is 2. The van der Waals surface area contributed by atoms with Crippen LogP contribution in [-0.2, 0) is 14.3 Å². The molecule has 0 saturated carbocycles. The highest BCUT2D eigenvalue weighted by Gasteiger charge is 2.39. The third-order valence-electron chi connectivity index (χ3n) is 7.48. The molecule has 7 heteroatoms. The molecule has 1 aliphatic carbocycles. The summed E-state index contributed by atoms with van der Waals surface area (Å²) in [5, 5.41) is 12.4. The maximum absolute atomic E-state index is 13.5. The second-order valence-corrected chi connectivity index (χ2v) is 9.86. The fourth-order valence-electron chi connectivity index (χ4n) is 5.28. The van der Waals surface area contributed by atoms with Crippen molar-refractivity contribution in [3.63, 3.8) is 0 Å². The zero-order valence-corrected chi connectivity index (χ0v) is 20.6. The monoisotopic (exact) mass is 478 g/mol. The molecule has 1 aliphatic heterocycles. The third-order valence-corrected chi connectivity index (χ3v) is 7.48. The molecule has 2 amide bonds. The summed E-state index contributed by atoms with van der Waals surface area (Å²) in [6.45, 7) is 6.36. The van der Waals surface area contributed by atoms with E-state index >= 15 is 0 Å². The highest BCUT2D eigenvalue weighted by atomic mass is 16.5. The van der Waals surface area contributed by atoms with Gasteiger partial charge in [0.2, 0.25) is 5.91 Å². The molecule has 0 spiro atoms. The Kier molecular flexibility index (Phi) is 7.43. The molecule has 4 atom stereocenters. The Morgan fingerprint density at radius 1 is 1.06 bits per heavy atom. The largest absolute Gasteiger partial charge is 0.480 e.